The highest BCUT2D eigenvalue weighted by atomic mass is 35.5. The number of β-amino-alcohol motifs (C(OH)–C–C–N with tert-alkyl or cyclic N) is 1. The molecule has 24 heavy (non-hydrogen) atoms. The molecule has 0 saturated carbocycles. The molecule has 2 N–H and O–H groups in total. The highest BCUT2D eigenvalue weighted by Gasteiger charge is 2.29. The number of hydrogen-bond acceptors (Lipinski definition) is 5. The molecule has 6 nitrogen and oxygen atoms in total. The van der Waals surface area contributed by atoms with Crippen LogP contribution < -0.4 is 4.90 Å². The normalized spacial score (nSPS) is 15.0. The average molecular weight is 344 g/mol. The number of pyridine rings is 1. The van der Waals surface area contributed by atoms with Gasteiger partial charge in [0, 0.05) is 37.6 Å². The van der Waals surface area contributed by atoms with Crippen LogP contribution in [0.3, 0.4) is 0 Å². The lowest BCUT2D eigenvalue weighted by molar-refractivity contribution is 0.141. The predicted octanol–water partition coefficient (Wildman–Crippen LogP) is 2.34. The van der Waals surface area contributed by atoms with E-state index in [1.807, 2.05) is 30.2 Å². The molecule has 3 aromatic heterocycles. The molecule has 3 aromatic rings. The standard InChI is InChI=1S/C17H18ClN5O/c1-2-12-15(18)14-16(20-12)21-13(6-10-4-3-5-19-7-10)22-17(14)23-8-11(24)9-23/h3-5,7,11,24H,2,6,8-9H2,1H3,(H,20,21,22). The van der Waals surface area contributed by atoms with Crippen molar-refractivity contribution in [3.8, 4) is 0 Å². The van der Waals surface area contributed by atoms with Crippen molar-refractivity contribution in [1.82, 2.24) is 19.9 Å². The summed E-state index contributed by atoms with van der Waals surface area (Å²) in [5, 5.41) is 11.2. The van der Waals surface area contributed by atoms with E-state index in [0.717, 1.165) is 34.5 Å². The summed E-state index contributed by atoms with van der Waals surface area (Å²) in [7, 11) is 0. The highest BCUT2D eigenvalue weighted by Crippen LogP contribution is 2.35. The third-order valence-electron chi connectivity index (χ3n) is 4.29. The summed E-state index contributed by atoms with van der Waals surface area (Å²) in [5.74, 6) is 1.51. The van der Waals surface area contributed by atoms with Gasteiger partial charge in [0.2, 0.25) is 0 Å². The Bertz CT molecular complexity index is 874. The van der Waals surface area contributed by atoms with Gasteiger partial charge in [-0.15, -0.1) is 0 Å². The Morgan fingerprint density at radius 3 is 2.88 bits per heavy atom. The number of aliphatic hydroxyl groups excluding tert-OH is 1. The van der Waals surface area contributed by atoms with Crippen LogP contribution in [0.2, 0.25) is 5.02 Å². The molecule has 0 spiro atoms. The number of halogens is 1. The number of aliphatic hydroxyl groups is 1. The number of rotatable bonds is 4. The first-order chi connectivity index (χ1) is 11.7. The Morgan fingerprint density at radius 2 is 2.21 bits per heavy atom. The van der Waals surface area contributed by atoms with Crippen molar-refractivity contribution in [2.24, 2.45) is 0 Å². The number of H-pyrrole nitrogens is 1. The van der Waals surface area contributed by atoms with E-state index in [1.165, 1.54) is 0 Å². The summed E-state index contributed by atoms with van der Waals surface area (Å²) in [4.78, 5) is 18.9. The minimum absolute atomic E-state index is 0.305. The molecule has 124 valence electrons. The van der Waals surface area contributed by atoms with Crippen molar-refractivity contribution in [2.75, 3.05) is 18.0 Å². The molecule has 0 bridgehead atoms. The second-order valence-corrected chi connectivity index (χ2v) is 6.43. The molecule has 4 heterocycles. The van der Waals surface area contributed by atoms with Gasteiger partial charge in [-0.25, -0.2) is 9.97 Å². The Hall–Kier alpha value is -2.18. The summed E-state index contributed by atoms with van der Waals surface area (Å²) in [6.07, 6.45) is 4.67. The van der Waals surface area contributed by atoms with Crippen molar-refractivity contribution in [3.05, 3.63) is 46.6 Å². The van der Waals surface area contributed by atoms with Gasteiger partial charge in [0.05, 0.1) is 16.5 Å². The summed E-state index contributed by atoms with van der Waals surface area (Å²) in [5.41, 5.74) is 2.77. The number of fused-ring (bicyclic) bond motifs is 1. The monoisotopic (exact) mass is 343 g/mol. The van der Waals surface area contributed by atoms with E-state index in [9.17, 15) is 5.11 Å². The summed E-state index contributed by atoms with van der Waals surface area (Å²) < 4.78 is 0. The quantitative estimate of drug-likeness (QED) is 0.760. The molecule has 1 aliphatic rings. The zero-order chi connectivity index (χ0) is 16.7. The van der Waals surface area contributed by atoms with Gasteiger partial charge in [0.1, 0.15) is 17.3 Å². The van der Waals surface area contributed by atoms with Gasteiger partial charge in [-0.3, -0.25) is 4.98 Å². The molecule has 0 radical (unpaired) electrons. The summed E-state index contributed by atoms with van der Waals surface area (Å²) in [6.45, 7) is 3.19. The Kier molecular flexibility index (Phi) is 3.86. The number of aromatic amines is 1. The number of hydrogen-bond donors (Lipinski definition) is 2. The fraction of sp³-hybridized carbons (Fsp3) is 0.353. The second-order valence-electron chi connectivity index (χ2n) is 6.05. The van der Waals surface area contributed by atoms with Crippen LogP contribution in [-0.2, 0) is 12.8 Å². The van der Waals surface area contributed by atoms with Crippen molar-refractivity contribution in [2.45, 2.75) is 25.9 Å². The molecule has 1 saturated heterocycles. The molecule has 0 atom stereocenters. The van der Waals surface area contributed by atoms with Gasteiger partial charge in [-0.1, -0.05) is 24.6 Å². The topological polar surface area (TPSA) is 77.9 Å². The number of anilines is 1. The lowest BCUT2D eigenvalue weighted by Gasteiger charge is -2.37. The molecule has 4 rings (SSSR count). The maximum Gasteiger partial charge on any atom is 0.144 e. The van der Waals surface area contributed by atoms with Crippen LogP contribution in [-0.4, -0.2) is 44.2 Å². The molecule has 0 unspecified atom stereocenters. The van der Waals surface area contributed by atoms with Gasteiger partial charge in [-0.05, 0) is 18.1 Å². The van der Waals surface area contributed by atoms with Crippen LogP contribution in [0.4, 0.5) is 5.82 Å². The largest absolute Gasteiger partial charge is 0.389 e. The number of nitrogens with zero attached hydrogens (tertiary/aromatic N) is 4. The van der Waals surface area contributed by atoms with E-state index in [4.69, 9.17) is 16.6 Å². The van der Waals surface area contributed by atoms with E-state index in [2.05, 4.69) is 15.0 Å². The van der Waals surface area contributed by atoms with Crippen molar-refractivity contribution in [3.63, 3.8) is 0 Å². The van der Waals surface area contributed by atoms with Crippen LogP contribution >= 0.6 is 11.6 Å². The van der Waals surface area contributed by atoms with Crippen molar-refractivity contribution < 1.29 is 5.11 Å². The zero-order valence-corrected chi connectivity index (χ0v) is 14.1. The minimum Gasteiger partial charge on any atom is -0.389 e. The first-order valence-electron chi connectivity index (χ1n) is 8.04. The van der Waals surface area contributed by atoms with Crippen LogP contribution in [0.25, 0.3) is 11.0 Å². The average Bonchev–Trinajstić information content (AvgIpc) is 2.88. The van der Waals surface area contributed by atoms with E-state index < -0.39 is 0 Å². The van der Waals surface area contributed by atoms with E-state index >= 15 is 0 Å². The van der Waals surface area contributed by atoms with E-state index in [1.54, 1.807) is 6.20 Å². The predicted molar refractivity (Wildman–Crippen MR) is 93.5 cm³/mol. The van der Waals surface area contributed by atoms with Crippen LogP contribution in [0.15, 0.2) is 24.5 Å². The second kappa shape index (κ2) is 6.03. The zero-order valence-electron chi connectivity index (χ0n) is 13.3. The Morgan fingerprint density at radius 1 is 1.38 bits per heavy atom. The van der Waals surface area contributed by atoms with E-state index in [0.29, 0.717) is 30.4 Å². The third-order valence-corrected chi connectivity index (χ3v) is 4.71. The molecule has 0 aromatic carbocycles. The first kappa shape index (κ1) is 15.4. The number of aryl methyl sites for hydroxylation is 1. The number of aromatic nitrogens is 4. The summed E-state index contributed by atoms with van der Waals surface area (Å²) in [6, 6.07) is 3.91. The van der Waals surface area contributed by atoms with Crippen LogP contribution in [0.1, 0.15) is 24.0 Å². The van der Waals surface area contributed by atoms with Gasteiger partial charge in [0.15, 0.2) is 0 Å². The molecule has 0 amide bonds. The molecular formula is C17H18ClN5O. The van der Waals surface area contributed by atoms with Crippen LogP contribution in [0.5, 0.6) is 0 Å². The maximum absolute atomic E-state index is 9.64. The molecule has 1 aliphatic heterocycles. The van der Waals surface area contributed by atoms with Crippen LogP contribution in [0, 0.1) is 0 Å². The molecule has 1 fully saturated rings. The SMILES string of the molecule is CCc1[nH]c2nc(Cc3cccnc3)nc(N3CC(O)C3)c2c1Cl. The summed E-state index contributed by atoms with van der Waals surface area (Å²) >= 11 is 6.53. The van der Waals surface area contributed by atoms with E-state index in [-0.39, 0.29) is 6.10 Å². The van der Waals surface area contributed by atoms with Gasteiger partial charge in [0.25, 0.3) is 0 Å². The lowest BCUT2D eigenvalue weighted by Crippen LogP contribution is -2.51. The van der Waals surface area contributed by atoms with Crippen molar-refractivity contribution in [1.29, 1.82) is 0 Å². The third kappa shape index (κ3) is 2.61. The fourth-order valence-corrected chi connectivity index (χ4v) is 3.36. The first-order valence-corrected chi connectivity index (χ1v) is 8.42. The highest BCUT2D eigenvalue weighted by molar-refractivity contribution is 6.37. The van der Waals surface area contributed by atoms with Gasteiger partial charge in [-0.2, -0.15) is 0 Å². The molecule has 0 aliphatic carbocycles. The van der Waals surface area contributed by atoms with Crippen molar-refractivity contribution >= 4 is 28.5 Å². The Balaban J connectivity index is 1.81. The van der Waals surface area contributed by atoms with Gasteiger partial charge >= 0.3 is 0 Å². The molecular weight excluding hydrogens is 326 g/mol. The smallest absolute Gasteiger partial charge is 0.144 e. The lowest BCUT2D eigenvalue weighted by atomic mass is 10.1. The maximum atomic E-state index is 9.64. The minimum atomic E-state index is -0.305. The fourth-order valence-electron chi connectivity index (χ4n) is 3.00. The Labute approximate surface area is 144 Å². The number of nitrogens with one attached hydrogen (secondary N) is 1. The molecule has 7 heteroatoms. The van der Waals surface area contributed by atoms with Gasteiger partial charge < -0.3 is 15.0 Å².